The van der Waals surface area contributed by atoms with Gasteiger partial charge in [0.05, 0.1) is 26.0 Å². The molecule has 30 heavy (non-hydrogen) atoms. The molecule has 3 rings (SSSR count). The zero-order chi connectivity index (χ0) is 21.5. The van der Waals surface area contributed by atoms with Gasteiger partial charge in [-0.25, -0.2) is 4.98 Å². The van der Waals surface area contributed by atoms with Gasteiger partial charge in [0, 0.05) is 26.2 Å². The molecule has 0 unspecified atom stereocenters. The van der Waals surface area contributed by atoms with Crippen molar-refractivity contribution in [3.63, 3.8) is 0 Å². The number of fused-ring (bicyclic) bond motifs is 1. The summed E-state index contributed by atoms with van der Waals surface area (Å²) in [4.78, 5) is 36.5. The van der Waals surface area contributed by atoms with Crippen LogP contribution in [0, 0.1) is 23.7 Å². The monoisotopic (exact) mass is 428 g/mol. The Morgan fingerprint density at radius 1 is 1.13 bits per heavy atom. The first-order chi connectivity index (χ1) is 14.6. The van der Waals surface area contributed by atoms with E-state index in [4.69, 9.17) is 4.74 Å². The van der Waals surface area contributed by atoms with Crippen LogP contribution in [0.2, 0.25) is 0 Å². The molecule has 0 saturated carbocycles. The summed E-state index contributed by atoms with van der Waals surface area (Å²) in [5.41, 5.74) is 0.494. The van der Waals surface area contributed by atoms with E-state index in [1.807, 2.05) is 4.57 Å². The van der Waals surface area contributed by atoms with Crippen LogP contribution in [0.15, 0.2) is 9.95 Å². The standard InChI is InChI=1S/C20H24N6O3S/c1-4-6-10-25-16-17(22-19(25)24-12-8-21-9-13-24)23-20(30-14-15(27)29-3)26(18(16)28)11-7-5-2/h21H,8-14H2,1-3H3. The van der Waals surface area contributed by atoms with Crippen molar-refractivity contribution in [2.24, 2.45) is 0 Å². The molecule has 0 aliphatic carbocycles. The number of imidazole rings is 1. The zero-order valence-electron chi connectivity index (χ0n) is 17.3. The van der Waals surface area contributed by atoms with Gasteiger partial charge in [-0.2, -0.15) is 4.98 Å². The number of thioether (sulfide) groups is 1. The lowest BCUT2D eigenvalue weighted by Gasteiger charge is -2.28. The Balaban J connectivity index is 2.17. The van der Waals surface area contributed by atoms with Crippen LogP contribution in [0.5, 0.6) is 0 Å². The highest BCUT2D eigenvalue weighted by Crippen LogP contribution is 2.23. The molecule has 158 valence electrons. The predicted octanol–water partition coefficient (Wildman–Crippen LogP) is 0.314. The summed E-state index contributed by atoms with van der Waals surface area (Å²) in [6, 6.07) is 0. The van der Waals surface area contributed by atoms with Gasteiger partial charge in [0.15, 0.2) is 16.3 Å². The molecule has 1 N–H and O–H groups in total. The maximum atomic E-state index is 13.4. The zero-order valence-corrected chi connectivity index (χ0v) is 18.1. The van der Waals surface area contributed by atoms with E-state index in [0.29, 0.717) is 28.8 Å². The van der Waals surface area contributed by atoms with Gasteiger partial charge in [0.2, 0.25) is 5.95 Å². The number of anilines is 1. The molecule has 0 aromatic carbocycles. The highest BCUT2D eigenvalue weighted by Gasteiger charge is 2.24. The molecule has 1 aliphatic rings. The molecule has 1 fully saturated rings. The van der Waals surface area contributed by atoms with Gasteiger partial charge in [-0.1, -0.05) is 23.6 Å². The van der Waals surface area contributed by atoms with Crippen LogP contribution >= 0.6 is 11.8 Å². The van der Waals surface area contributed by atoms with Gasteiger partial charge in [-0.05, 0) is 13.8 Å². The van der Waals surface area contributed by atoms with Crippen LogP contribution in [0.25, 0.3) is 11.2 Å². The van der Waals surface area contributed by atoms with Gasteiger partial charge in [-0.15, -0.1) is 11.8 Å². The Morgan fingerprint density at radius 3 is 2.43 bits per heavy atom. The van der Waals surface area contributed by atoms with E-state index in [1.54, 1.807) is 13.8 Å². The third kappa shape index (κ3) is 4.61. The minimum Gasteiger partial charge on any atom is -0.468 e. The number of ether oxygens (including phenoxy) is 1. The van der Waals surface area contributed by atoms with Crippen LogP contribution in [0.4, 0.5) is 5.95 Å². The quantitative estimate of drug-likeness (QED) is 0.304. The summed E-state index contributed by atoms with van der Waals surface area (Å²) in [6.45, 7) is 7.23. The number of piperazine rings is 1. The van der Waals surface area contributed by atoms with Crippen molar-refractivity contribution in [3.8, 4) is 23.7 Å². The summed E-state index contributed by atoms with van der Waals surface area (Å²) >= 11 is 1.14. The van der Waals surface area contributed by atoms with Gasteiger partial charge in [0.25, 0.3) is 5.56 Å². The van der Waals surface area contributed by atoms with E-state index in [0.717, 1.165) is 37.9 Å². The number of esters is 1. The lowest BCUT2D eigenvalue weighted by molar-refractivity contribution is -0.137. The topological polar surface area (TPSA) is 94.3 Å². The van der Waals surface area contributed by atoms with Crippen molar-refractivity contribution in [1.29, 1.82) is 0 Å². The molecule has 10 heteroatoms. The van der Waals surface area contributed by atoms with Gasteiger partial charge >= 0.3 is 5.97 Å². The van der Waals surface area contributed by atoms with Crippen LogP contribution in [-0.2, 0) is 22.6 Å². The van der Waals surface area contributed by atoms with E-state index in [-0.39, 0.29) is 17.9 Å². The first kappa shape index (κ1) is 21.8. The molecule has 1 saturated heterocycles. The number of methoxy groups -OCH3 is 1. The van der Waals surface area contributed by atoms with Crippen molar-refractivity contribution in [3.05, 3.63) is 10.4 Å². The molecular formula is C20H24N6O3S. The number of rotatable bonds is 6. The lowest BCUT2D eigenvalue weighted by Crippen LogP contribution is -2.44. The van der Waals surface area contributed by atoms with Gasteiger partial charge in [0.1, 0.15) is 0 Å². The molecule has 1 aliphatic heterocycles. The van der Waals surface area contributed by atoms with Crippen molar-refractivity contribution < 1.29 is 9.53 Å². The Hall–Kier alpha value is -2.95. The molecule has 2 aromatic rings. The molecular weight excluding hydrogens is 404 g/mol. The largest absolute Gasteiger partial charge is 0.468 e. The summed E-state index contributed by atoms with van der Waals surface area (Å²) in [6.07, 6.45) is 0. The molecule has 9 nitrogen and oxygen atoms in total. The van der Waals surface area contributed by atoms with Gasteiger partial charge < -0.3 is 15.0 Å². The van der Waals surface area contributed by atoms with Crippen LogP contribution in [-0.4, -0.2) is 64.1 Å². The first-order valence-corrected chi connectivity index (χ1v) is 10.5. The highest BCUT2D eigenvalue weighted by molar-refractivity contribution is 7.99. The smallest absolute Gasteiger partial charge is 0.316 e. The molecule has 0 amide bonds. The van der Waals surface area contributed by atoms with Crippen LogP contribution < -0.4 is 15.8 Å². The Kier molecular flexibility index (Phi) is 7.39. The van der Waals surface area contributed by atoms with E-state index < -0.39 is 5.97 Å². The minimum atomic E-state index is -0.396. The normalized spacial score (nSPS) is 13.4. The average molecular weight is 429 g/mol. The van der Waals surface area contributed by atoms with Crippen molar-refractivity contribution >= 4 is 34.8 Å². The fraction of sp³-hybridized carbons (Fsp3) is 0.500. The van der Waals surface area contributed by atoms with E-state index >= 15 is 0 Å². The number of nitrogens with zero attached hydrogens (tertiary/aromatic N) is 5. The average Bonchev–Trinajstić information content (AvgIpc) is 3.14. The van der Waals surface area contributed by atoms with Crippen LogP contribution in [0.3, 0.4) is 0 Å². The van der Waals surface area contributed by atoms with Gasteiger partial charge in [-0.3, -0.25) is 18.7 Å². The number of nitrogens with one attached hydrogen (secondary N) is 1. The number of carbonyl (C=O) groups is 1. The maximum absolute atomic E-state index is 13.4. The van der Waals surface area contributed by atoms with E-state index in [9.17, 15) is 9.59 Å². The van der Waals surface area contributed by atoms with Crippen molar-refractivity contribution in [1.82, 2.24) is 24.4 Å². The third-order valence-corrected chi connectivity index (χ3v) is 5.53. The Bertz CT molecular complexity index is 1110. The summed E-state index contributed by atoms with van der Waals surface area (Å²) in [5.74, 6) is 12.0. The SMILES string of the molecule is CC#CCn1c(SCC(=O)OC)nc2nc(N3CCNCC3)n(CC#CC)c2c1=O. The molecule has 0 radical (unpaired) electrons. The molecule has 0 bridgehead atoms. The summed E-state index contributed by atoms with van der Waals surface area (Å²) in [5, 5.41) is 3.70. The van der Waals surface area contributed by atoms with Crippen molar-refractivity contribution in [2.75, 3.05) is 43.9 Å². The molecule has 3 heterocycles. The number of aromatic nitrogens is 4. The van der Waals surface area contributed by atoms with Crippen molar-refractivity contribution in [2.45, 2.75) is 32.1 Å². The lowest BCUT2D eigenvalue weighted by atomic mass is 10.4. The minimum absolute atomic E-state index is 0.0423. The number of hydrogen-bond donors (Lipinski definition) is 1. The first-order valence-electron chi connectivity index (χ1n) is 9.56. The molecule has 0 atom stereocenters. The second-order valence-electron chi connectivity index (χ2n) is 6.41. The Labute approximate surface area is 179 Å². The van der Waals surface area contributed by atoms with E-state index in [1.165, 1.54) is 11.7 Å². The molecule has 2 aromatic heterocycles. The second kappa shape index (κ2) is 10.2. The fourth-order valence-electron chi connectivity index (χ4n) is 3.09. The number of hydrogen-bond acceptors (Lipinski definition) is 8. The third-order valence-electron chi connectivity index (χ3n) is 4.58. The Morgan fingerprint density at radius 2 is 1.80 bits per heavy atom. The predicted molar refractivity (Wildman–Crippen MR) is 117 cm³/mol. The summed E-state index contributed by atoms with van der Waals surface area (Å²) in [7, 11) is 1.32. The maximum Gasteiger partial charge on any atom is 0.316 e. The van der Waals surface area contributed by atoms with E-state index in [2.05, 4.69) is 43.9 Å². The van der Waals surface area contributed by atoms with Crippen LogP contribution in [0.1, 0.15) is 13.8 Å². The summed E-state index contributed by atoms with van der Waals surface area (Å²) < 4.78 is 8.02. The fourth-order valence-corrected chi connectivity index (χ4v) is 3.91. The second-order valence-corrected chi connectivity index (χ2v) is 7.35. The number of carbonyl (C=O) groups excluding carboxylic acids is 1. The highest BCUT2D eigenvalue weighted by atomic mass is 32.2. The molecule has 0 spiro atoms.